The van der Waals surface area contributed by atoms with Gasteiger partial charge in [0, 0.05) is 37.2 Å². The molecule has 21 heavy (non-hydrogen) atoms. The molecule has 0 aromatic heterocycles. The Balaban J connectivity index is 1.54. The minimum absolute atomic E-state index is 0.346. The zero-order valence-electron chi connectivity index (χ0n) is 13.9. The minimum atomic E-state index is 0.346. The molecular weight excluding hydrogens is 262 g/mol. The van der Waals surface area contributed by atoms with E-state index in [1.807, 2.05) is 0 Å². The summed E-state index contributed by atoms with van der Waals surface area (Å²) in [6.07, 6.45) is 7.95. The number of nitrogens with one attached hydrogen (secondary N) is 1. The molecule has 3 fully saturated rings. The topological polar surface area (TPSA) is 27.7 Å². The van der Waals surface area contributed by atoms with E-state index in [1.165, 1.54) is 58.2 Å². The van der Waals surface area contributed by atoms with Gasteiger partial charge in [-0.05, 0) is 65.7 Å². The Morgan fingerprint density at radius 2 is 2.00 bits per heavy atom. The van der Waals surface area contributed by atoms with Crippen molar-refractivity contribution < 1.29 is 4.74 Å². The first-order valence-electron chi connectivity index (χ1n) is 8.87. The summed E-state index contributed by atoms with van der Waals surface area (Å²) in [4.78, 5) is 5.09. The van der Waals surface area contributed by atoms with Crippen LogP contribution in [-0.2, 0) is 4.74 Å². The lowest BCUT2D eigenvalue weighted by molar-refractivity contribution is -0.0320. The van der Waals surface area contributed by atoms with Crippen LogP contribution >= 0.6 is 0 Å². The molecule has 0 bridgehead atoms. The van der Waals surface area contributed by atoms with Crippen LogP contribution in [0.1, 0.15) is 38.5 Å². The summed E-state index contributed by atoms with van der Waals surface area (Å²) in [7, 11) is 4.58. The highest BCUT2D eigenvalue weighted by atomic mass is 16.5. The van der Waals surface area contributed by atoms with E-state index in [1.54, 1.807) is 0 Å². The standard InChI is InChI=1S/C17H33N3O/c1-19-9-6-16(7-10-19)20(2)13-17(8-3-11-21-14-17)12-18-15-4-5-15/h15-16,18H,3-14H2,1-2H3. The van der Waals surface area contributed by atoms with Crippen molar-refractivity contribution in [1.82, 2.24) is 15.1 Å². The molecule has 2 saturated heterocycles. The number of nitrogens with zero attached hydrogens (tertiary/aromatic N) is 2. The maximum Gasteiger partial charge on any atom is 0.0546 e. The molecule has 0 spiro atoms. The predicted octanol–water partition coefficient (Wildman–Crippen LogP) is 1.56. The van der Waals surface area contributed by atoms with E-state index in [0.29, 0.717) is 5.41 Å². The molecular formula is C17H33N3O. The molecule has 3 rings (SSSR count). The molecule has 0 amide bonds. The Labute approximate surface area is 130 Å². The van der Waals surface area contributed by atoms with Crippen LogP contribution in [0.4, 0.5) is 0 Å². The highest BCUT2D eigenvalue weighted by Gasteiger charge is 2.37. The zero-order valence-corrected chi connectivity index (χ0v) is 13.9. The van der Waals surface area contributed by atoms with Gasteiger partial charge in [-0.2, -0.15) is 0 Å². The third-order valence-corrected chi connectivity index (χ3v) is 5.64. The molecule has 1 saturated carbocycles. The van der Waals surface area contributed by atoms with Crippen molar-refractivity contribution in [2.45, 2.75) is 50.6 Å². The van der Waals surface area contributed by atoms with E-state index in [2.05, 4.69) is 29.2 Å². The second kappa shape index (κ2) is 6.95. The maximum atomic E-state index is 5.87. The van der Waals surface area contributed by atoms with Crippen LogP contribution in [0, 0.1) is 5.41 Å². The number of hydrogen-bond acceptors (Lipinski definition) is 4. The van der Waals surface area contributed by atoms with E-state index >= 15 is 0 Å². The van der Waals surface area contributed by atoms with Crippen molar-refractivity contribution >= 4 is 0 Å². The Hall–Kier alpha value is -0.160. The van der Waals surface area contributed by atoms with Gasteiger partial charge in [-0.3, -0.25) is 0 Å². The molecule has 1 atom stereocenters. The number of ether oxygens (including phenoxy) is 1. The molecule has 1 N–H and O–H groups in total. The van der Waals surface area contributed by atoms with Gasteiger partial charge in [-0.1, -0.05) is 0 Å². The third kappa shape index (κ3) is 4.41. The van der Waals surface area contributed by atoms with Gasteiger partial charge in [0.05, 0.1) is 6.61 Å². The summed E-state index contributed by atoms with van der Waals surface area (Å²) < 4.78 is 5.87. The van der Waals surface area contributed by atoms with Gasteiger partial charge in [-0.25, -0.2) is 0 Å². The average Bonchev–Trinajstić information content (AvgIpc) is 3.31. The lowest BCUT2D eigenvalue weighted by atomic mass is 9.81. The molecule has 2 aliphatic heterocycles. The lowest BCUT2D eigenvalue weighted by Gasteiger charge is -2.44. The van der Waals surface area contributed by atoms with Crippen molar-refractivity contribution in [3.8, 4) is 0 Å². The fraction of sp³-hybridized carbons (Fsp3) is 1.00. The van der Waals surface area contributed by atoms with Crippen LogP contribution in [0.3, 0.4) is 0 Å². The second-order valence-electron chi connectivity index (χ2n) is 7.76. The lowest BCUT2D eigenvalue weighted by Crippen LogP contribution is -2.52. The van der Waals surface area contributed by atoms with E-state index in [4.69, 9.17) is 4.74 Å². The molecule has 122 valence electrons. The quantitative estimate of drug-likeness (QED) is 0.805. The Bertz CT molecular complexity index is 318. The van der Waals surface area contributed by atoms with Crippen molar-refractivity contribution in [3.63, 3.8) is 0 Å². The molecule has 4 heteroatoms. The zero-order chi connectivity index (χ0) is 14.7. The monoisotopic (exact) mass is 295 g/mol. The number of hydrogen-bond donors (Lipinski definition) is 1. The van der Waals surface area contributed by atoms with Crippen LogP contribution in [0.25, 0.3) is 0 Å². The first-order chi connectivity index (χ1) is 10.2. The van der Waals surface area contributed by atoms with Gasteiger partial charge < -0.3 is 19.9 Å². The van der Waals surface area contributed by atoms with Crippen LogP contribution in [0.15, 0.2) is 0 Å². The molecule has 0 radical (unpaired) electrons. The Kier molecular flexibility index (Phi) is 5.20. The fourth-order valence-corrected chi connectivity index (χ4v) is 3.97. The van der Waals surface area contributed by atoms with E-state index in [9.17, 15) is 0 Å². The van der Waals surface area contributed by atoms with Crippen LogP contribution in [-0.4, -0.2) is 75.4 Å². The third-order valence-electron chi connectivity index (χ3n) is 5.64. The van der Waals surface area contributed by atoms with E-state index in [-0.39, 0.29) is 0 Å². The molecule has 2 heterocycles. The molecule has 0 aromatic carbocycles. The van der Waals surface area contributed by atoms with Gasteiger partial charge in [0.1, 0.15) is 0 Å². The summed E-state index contributed by atoms with van der Waals surface area (Å²) >= 11 is 0. The SMILES string of the molecule is CN1CCC(N(C)CC2(CNC3CC3)CCCOC2)CC1. The number of rotatable bonds is 6. The van der Waals surface area contributed by atoms with Crippen LogP contribution in [0.5, 0.6) is 0 Å². The molecule has 1 aliphatic carbocycles. The summed E-state index contributed by atoms with van der Waals surface area (Å²) in [6, 6.07) is 1.57. The second-order valence-corrected chi connectivity index (χ2v) is 7.76. The van der Waals surface area contributed by atoms with E-state index in [0.717, 1.165) is 31.8 Å². The predicted molar refractivity (Wildman–Crippen MR) is 86.7 cm³/mol. The summed E-state index contributed by atoms with van der Waals surface area (Å²) in [6.45, 7) is 6.75. The Morgan fingerprint density at radius 3 is 2.62 bits per heavy atom. The van der Waals surface area contributed by atoms with Gasteiger partial charge in [0.2, 0.25) is 0 Å². The van der Waals surface area contributed by atoms with Crippen molar-refractivity contribution in [2.75, 3.05) is 53.5 Å². The highest BCUT2D eigenvalue weighted by Crippen LogP contribution is 2.32. The molecule has 0 aromatic rings. The minimum Gasteiger partial charge on any atom is -0.381 e. The van der Waals surface area contributed by atoms with Gasteiger partial charge in [0.25, 0.3) is 0 Å². The van der Waals surface area contributed by atoms with Gasteiger partial charge >= 0.3 is 0 Å². The molecule has 1 unspecified atom stereocenters. The summed E-state index contributed by atoms with van der Waals surface area (Å²) in [5.74, 6) is 0. The summed E-state index contributed by atoms with van der Waals surface area (Å²) in [5.41, 5.74) is 0.346. The molecule has 3 aliphatic rings. The normalized spacial score (nSPS) is 32.7. The first-order valence-corrected chi connectivity index (χ1v) is 8.87. The largest absolute Gasteiger partial charge is 0.381 e. The highest BCUT2D eigenvalue weighted by molar-refractivity contribution is 4.92. The Morgan fingerprint density at radius 1 is 1.24 bits per heavy atom. The maximum absolute atomic E-state index is 5.87. The van der Waals surface area contributed by atoms with Gasteiger partial charge in [0.15, 0.2) is 0 Å². The summed E-state index contributed by atoms with van der Waals surface area (Å²) in [5, 5.41) is 3.77. The first kappa shape index (κ1) is 15.7. The van der Waals surface area contributed by atoms with Crippen LogP contribution < -0.4 is 5.32 Å². The van der Waals surface area contributed by atoms with Crippen molar-refractivity contribution in [3.05, 3.63) is 0 Å². The number of likely N-dealkylation sites (tertiary alicyclic amines) is 1. The number of piperidine rings is 1. The smallest absolute Gasteiger partial charge is 0.0546 e. The van der Waals surface area contributed by atoms with E-state index < -0.39 is 0 Å². The fourth-order valence-electron chi connectivity index (χ4n) is 3.97. The average molecular weight is 295 g/mol. The van der Waals surface area contributed by atoms with Crippen molar-refractivity contribution in [2.24, 2.45) is 5.41 Å². The van der Waals surface area contributed by atoms with Crippen LogP contribution in [0.2, 0.25) is 0 Å². The van der Waals surface area contributed by atoms with Crippen molar-refractivity contribution in [1.29, 1.82) is 0 Å². The molecule has 4 nitrogen and oxygen atoms in total. The van der Waals surface area contributed by atoms with Gasteiger partial charge in [-0.15, -0.1) is 0 Å².